The van der Waals surface area contributed by atoms with Gasteiger partial charge < -0.3 is 10.5 Å². The molecule has 0 bridgehead atoms. The molecule has 1 aromatic heterocycles. The van der Waals surface area contributed by atoms with Crippen LogP contribution in [-0.2, 0) is 0 Å². The Kier molecular flexibility index (Phi) is 3.80. The van der Waals surface area contributed by atoms with E-state index in [0.29, 0.717) is 17.8 Å². The summed E-state index contributed by atoms with van der Waals surface area (Å²) in [6, 6.07) is 0. The van der Waals surface area contributed by atoms with E-state index < -0.39 is 0 Å². The van der Waals surface area contributed by atoms with Gasteiger partial charge in [-0.15, -0.1) is 0 Å². The monoisotopic (exact) mass is 267 g/mol. The number of ether oxygens (including phenoxy) is 1. The summed E-state index contributed by atoms with van der Waals surface area (Å²) < 4.78 is 10.2. The summed E-state index contributed by atoms with van der Waals surface area (Å²) in [6.45, 7) is 1.55. The van der Waals surface area contributed by atoms with Crippen LogP contribution in [0.25, 0.3) is 0 Å². The van der Waals surface area contributed by atoms with Gasteiger partial charge in [0.05, 0.1) is 6.61 Å². The van der Waals surface area contributed by atoms with Crippen molar-refractivity contribution in [2.24, 2.45) is 17.6 Å². The Morgan fingerprint density at radius 2 is 1.94 bits per heavy atom. The molecule has 2 N–H and O–H groups in total. The van der Waals surface area contributed by atoms with Gasteiger partial charge >= 0.3 is 0 Å². The average molecular weight is 267 g/mol. The molecular formula is C13H21N3OS. The summed E-state index contributed by atoms with van der Waals surface area (Å²) in [7, 11) is 0. The van der Waals surface area contributed by atoms with E-state index in [0.717, 1.165) is 24.2 Å². The van der Waals surface area contributed by atoms with Crippen molar-refractivity contribution in [3.8, 4) is 5.19 Å². The summed E-state index contributed by atoms with van der Waals surface area (Å²) >= 11 is 1.40. The Morgan fingerprint density at radius 3 is 2.67 bits per heavy atom. The van der Waals surface area contributed by atoms with E-state index in [9.17, 15) is 0 Å². The Balaban J connectivity index is 1.52. The second-order valence-corrected chi connectivity index (χ2v) is 6.26. The molecule has 0 radical (unpaired) electrons. The molecule has 2 atom stereocenters. The fraction of sp³-hybridized carbons (Fsp3) is 0.846. The van der Waals surface area contributed by atoms with Crippen molar-refractivity contribution in [2.75, 3.05) is 13.2 Å². The highest BCUT2D eigenvalue weighted by molar-refractivity contribution is 7.07. The minimum absolute atomic E-state index is 0.608. The summed E-state index contributed by atoms with van der Waals surface area (Å²) in [4.78, 5) is 4.46. The van der Waals surface area contributed by atoms with Crippen LogP contribution in [0.1, 0.15) is 50.3 Å². The summed E-state index contributed by atoms with van der Waals surface area (Å²) in [5, 5.41) is 0.748. The number of aromatic nitrogens is 2. The van der Waals surface area contributed by atoms with Gasteiger partial charge in [0, 0.05) is 17.5 Å². The standard InChI is InChI=1S/C13H21N3OS/c14-7-10-3-1-2-4-11(10)8-17-13-15-12(16-18-13)9-5-6-9/h9-11H,1-8,14H2. The second-order valence-electron chi connectivity index (χ2n) is 5.54. The van der Waals surface area contributed by atoms with Crippen molar-refractivity contribution in [1.29, 1.82) is 0 Å². The first-order chi connectivity index (χ1) is 8.86. The molecule has 2 aliphatic rings. The molecule has 0 spiro atoms. The SMILES string of the molecule is NCC1CCCCC1COc1nc(C2CC2)ns1. The van der Waals surface area contributed by atoms with Gasteiger partial charge in [-0.1, -0.05) is 12.8 Å². The zero-order chi connectivity index (χ0) is 12.4. The summed E-state index contributed by atoms with van der Waals surface area (Å²) in [6.07, 6.45) is 7.63. The number of nitrogens with two attached hydrogens (primary N) is 1. The van der Waals surface area contributed by atoms with Gasteiger partial charge in [0.25, 0.3) is 5.19 Å². The van der Waals surface area contributed by atoms with Gasteiger partial charge in [-0.2, -0.15) is 9.36 Å². The molecule has 0 aromatic carbocycles. The lowest BCUT2D eigenvalue weighted by molar-refractivity contribution is 0.153. The summed E-state index contributed by atoms with van der Waals surface area (Å²) in [5.41, 5.74) is 5.83. The van der Waals surface area contributed by atoms with Gasteiger partial charge in [-0.05, 0) is 44.1 Å². The highest BCUT2D eigenvalue weighted by Gasteiger charge is 2.29. The fourth-order valence-electron chi connectivity index (χ4n) is 2.78. The third kappa shape index (κ3) is 2.83. The maximum Gasteiger partial charge on any atom is 0.293 e. The average Bonchev–Trinajstić information content (AvgIpc) is 3.16. The normalized spacial score (nSPS) is 28.3. The number of hydrogen-bond donors (Lipinski definition) is 1. The van der Waals surface area contributed by atoms with Crippen LogP contribution in [0.15, 0.2) is 0 Å². The topological polar surface area (TPSA) is 61.0 Å². The van der Waals surface area contributed by atoms with E-state index in [4.69, 9.17) is 10.5 Å². The highest BCUT2D eigenvalue weighted by Crippen LogP contribution is 2.39. The molecule has 3 rings (SSSR count). The van der Waals surface area contributed by atoms with Gasteiger partial charge in [0.1, 0.15) is 5.82 Å². The highest BCUT2D eigenvalue weighted by atomic mass is 32.1. The van der Waals surface area contributed by atoms with Crippen LogP contribution in [-0.4, -0.2) is 22.5 Å². The lowest BCUT2D eigenvalue weighted by Crippen LogP contribution is -2.30. The van der Waals surface area contributed by atoms with Gasteiger partial charge in [0.2, 0.25) is 0 Å². The predicted molar refractivity (Wildman–Crippen MR) is 71.9 cm³/mol. The van der Waals surface area contributed by atoms with Crippen LogP contribution in [0.2, 0.25) is 0 Å². The molecule has 100 valence electrons. The molecule has 2 fully saturated rings. The van der Waals surface area contributed by atoms with Crippen LogP contribution < -0.4 is 10.5 Å². The first-order valence-electron chi connectivity index (χ1n) is 7.03. The Hall–Kier alpha value is -0.680. The van der Waals surface area contributed by atoms with E-state index in [-0.39, 0.29) is 0 Å². The predicted octanol–water partition coefficient (Wildman–Crippen LogP) is 2.56. The van der Waals surface area contributed by atoms with Crippen LogP contribution in [0.3, 0.4) is 0 Å². The summed E-state index contributed by atoms with van der Waals surface area (Å²) in [5.74, 6) is 2.85. The molecule has 0 amide bonds. The van der Waals surface area contributed by atoms with E-state index in [1.54, 1.807) is 0 Å². The van der Waals surface area contributed by atoms with E-state index >= 15 is 0 Å². The van der Waals surface area contributed by atoms with Crippen molar-refractivity contribution >= 4 is 11.5 Å². The van der Waals surface area contributed by atoms with Crippen molar-refractivity contribution in [1.82, 2.24) is 9.36 Å². The molecular weight excluding hydrogens is 246 g/mol. The van der Waals surface area contributed by atoms with Crippen molar-refractivity contribution in [2.45, 2.75) is 44.4 Å². The Bertz CT molecular complexity index is 391. The zero-order valence-corrected chi connectivity index (χ0v) is 11.5. The smallest absolute Gasteiger partial charge is 0.293 e. The van der Waals surface area contributed by atoms with Crippen molar-refractivity contribution in [3.05, 3.63) is 5.82 Å². The lowest BCUT2D eigenvalue weighted by Gasteiger charge is -2.29. The van der Waals surface area contributed by atoms with Crippen molar-refractivity contribution in [3.63, 3.8) is 0 Å². The van der Waals surface area contributed by atoms with Crippen LogP contribution in [0.5, 0.6) is 5.19 Å². The Labute approximate surface area is 112 Å². The van der Waals surface area contributed by atoms with Crippen LogP contribution in [0, 0.1) is 11.8 Å². The molecule has 2 saturated carbocycles. The van der Waals surface area contributed by atoms with E-state index in [2.05, 4.69) is 9.36 Å². The molecule has 2 aliphatic carbocycles. The number of rotatable bonds is 5. The number of hydrogen-bond acceptors (Lipinski definition) is 5. The van der Waals surface area contributed by atoms with Gasteiger partial charge in [-0.25, -0.2) is 0 Å². The number of nitrogens with zero attached hydrogens (tertiary/aromatic N) is 2. The maximum absolute atomic E-state index is 5.83. The third-order valence-corrected chi connectivity index (χ3v) is 4.80. The molecule has 0 saturated heterocycles. The Morgan fingerprint density at radius 1 is 1.17 bits per heavy atom. The third-order valence-electron chi connectivity index (χ3n) is 4.16. The van der Waals surface area contributed by atoms with E-state index in [1.807, 2.05) is 0 Å². The van der Waals surface area contributed by atoms with Crippen molar-refractivity contribution < 1.29 is 4.74 Å². The van der Waals surface area contributed by atoms with Gasteiger partial charge in [0.15, 0.2) is 0 Å². The van der Waals surface area contributed by atoms with E-state index in [1.165, 1.54) is 50.1 Å². The lowest BCUT2D eigenvalue weighted by atomic mass is 9.80. The minimum atomic E-state index is 0.608. The van der Waals surface area contributed by atoms with Crippen LogP contribution in [0.4, 0.5) is 0 Å². The second kappa shape index (κ2) is 5.53. The van der Waals surface area contributed by atoms with Gasteiger partial charge in [-0.3, -0.25) is 0 Å². The fourth-order valence-corrected chi connectivity index (χ4v) is 3.40. The maximum atomic E-state index is 5.83. The first-order valence-corrected chi connectivity index (χ1v) is 7.80. The molecule has 5 heteroatoms. The zero-order valence-electron chi connectivity index (χ0n) is 10.7. The molecule has 4 nitrogen and oxygen atoms in total. The minimum Gasteiger partial charge on any atom is -0.469 e. The molecule has 0 aliphatic heterocycles. The first kappa shape index (κ1) is 12.4. The molecule has 2 unspecified atom stereocenters. The quantitative estimate of drug-likeness (QED) is 0.890. The molecule has 1 aromatic rings. The largest absolute Gasteiger partial charge is 0.469 e. The molecule has 18 heavy (non-hydrogen) atoms. The molecule has 1 heterocycles. The van der Waals surface area contributed by atoms with Crippen LogP contribution >= 0.6 is 11.5 Å².